The smallest absolute Gasteiger partial charge is 0.389 e. The highest BCUT2D eigenvalue weighted by molar-refractivity contribution is 5.75. The fourth-order valence-electron chi connectivity index (χ4n) is 1.93. The summed E-state index contributed by atoms with van der Waals surface area (Å²) in [6.45, 7) is 2.27. The van der Waals surface area contributed by atoms with E-state index in [0.717, 1.165) is 12.8 Å². The molecule has 7 heteroatoms. The quantitative estimate of drug-likeness (QED) is 0.651. The van der Waals surface area contributed by atoms with Crippen LogP contribution in [0.5, 0.6) is 0 Å². The van der Waals surface area contributed by atoms with Gasteiger partial charge in [-0.1, -0.05) is 19.8 Å². The summed E-state index contributed by atoms with van der Waals surface area (Å²) in [6.07, 6.45) is -3.03. The van der Waals surface area contributed by atoms with Crippen LogP contribution in [0.25, 0.3) is 0 Å². The third kappa shape index (κ3) is 11.8. The van der Waals surface area contributed by atoms with Crippen molar-refractivity contribution in [1.82, 2.24) is 5.32 Å². The van der Waals surface area contributed by atoms with Gasteiger partial charge in [-0.3, -0.25) is 9.59 Å². The van der Waals surface area contributed by atoms with Gasteiger partial charge in [0.25, 0.3) is 0 Å². The van der Waals surface area contributed by atoms with Gasteiger partial charge in [0.05, 0.1) is 6.42 Å². The van der Waals surface area contributed by atoms with Gasteiger partial charge in [-0.25, -0.2) is 0 Å². The lowest BCUT2D eigenvalue weighted by atomic mass is 9.94. The second kappa shape index (κ2) is 9.61. The Hall–Kier alpha value is -1.27. The van der Waals surface area contributed by atoms with Crippen molar-refractivity contribution < 1.29 is 27.9 Å². The summed E-state index contributed by atoms with van der Waals surface area (Å²) in [5, 5.41) is 11.1. The lowest BCUT2D eigenvalue weighted by molar-refractivity contribution is -0.144. The molecule has 0 spiro atoms. The van der Waals surface area contributed by atoms with Crippen molar-refractivity contribution in [3.8, 4) is 0 Å². The van der Waals surface area contributed by atoms with Crippen molar-refractivity contribution in [2.24, 2.45) is 5.92 Å². The van der Waals surface area contributed by atoms with Crippen molar-refractivity contribution in [3.05, 3.63) is 0 Å². The average Bonchev–Trinajstić information content (AvgIpc) is 2.32. The second-order valence-corrected chi connectivity index (χ2v) is 4.84. The van der Waals surface area contributed by atoms with Crippen LogP contribution in [-0.2, 0) is 9.59 Å². The van der Waals surface area contributed by atoms with E-state index in [1.807, 2.05) is 6.92 Å². The molecule has 0 aliphatic carbocycles. The van der Waals surface area contributed by atoms with Gasteiger partial charge in [0.15, 0.2) is 0 Å². The number of carbonyl (C=O) groups excluding carboxylic acids is 1. The zero-order chi connectivity index (χ0) is 15.6. The summed E-state index contributed by atoms with van der Waals surface area (Å²) in [5.74, 6) is -1.30. The van der Waals surface area contributed by atoms with E-state index in [4.69, 9.17) is 5.11 Å². The maximum atomic E-state index is 11.9. The minimum absolute atomic E-state index is 0.0761. The van der Waals surface area contributed by atoms with E-state index < -0.39 is 30.9 Å². The molecule has 0 rings (SSSR count). The van der Waals surface area contributed by atoms with E-state index in [2.05, 4.69) is 5.32 Å². The molecule has 0 aromatic heterocycles. The molecular weight excluding hydrogens is 275 g/mol. The van der Waals surface area contributed by atoms with Gasteiger partial charge < -0.3 is 10.4 Å². The molecule has 0 aliphatic heterocycles. The molecular formula is C13H22F3NO3. The third-order valence-electron chi connectivity index (χ3n) is 2.97. The summed E-state index contributed by atoms with van der Waals surface area (Å²) in [4.78, 5) is 21.7. The Bertz CT molecular complexity index is 306. The van der Waals surface area contributed by atoms with Gasteiger partial charge in [0.1, 0.15) is 0 Å². The van der Waals surface area contributed by atoms with Gasteiger partial charge in [0.2, 0.25) is 5.91 Å². The van der Waals surface area contributed by atoms with E-state index in [1.165, 1.54) is 0 Å². The molecule has 1 atom stereocenters. The molecule has 0 saturated heterocycles. The molecule has 1 unspecified atom stereocenters. The van der Waals surface area contributed by atoms with Gasteiger partial charge in [-0.05, 0) is 18.8 Å². The molecule has 1 amide bonds. The summed E-state index contributed by atoms with van der Waals surface area (Å²) < 4.78 is 35.7. The molecule has 0 fully saturated rings. The predicted molar refractivity (Wildman–Crippen MR) is 68.2 cm³/mol. The molecule has 0 saturated carbocycles. The molecule has 0 bridgehead atoms. The van der Waals surface area contributed by atoms with E-state index >= 15 is 0 Å². The SMILES string of the molecule is CCCC(CCNC(=O)CCC(F)(F)F)CCC(=O)O. The number of nitrogens with one attached hydrogen (secondary N) is 1. The normalized spacial score (nSPS) is 13.0. The number of carboxylic acids is 1. The monoisotopic (exact) mass is 297 g/mol. The molecule has 0 heterocycles. The van der Waals surface area contributed by atoms with Crippen molar-refractivity contribution in [2.45, 2.75) is 58.0 Å². The number of carbonyl (C=O) groups is 2. The zero-order valence-corrected chi connectivity index (χ0v) is 11.6. The highest BCUT2D eigenvalue weighted by Crippen LogP contribution is 2.21. The number of rotatable bonds is 10. The fourth-order valence-corrected chi connectivity index (χ4v) is 1.93. The van der Waals surface area contributed by atoms with E-state index in [-0.39, 0.29) is 12.3 Å². The molecule has 118 valence electrons. The summed E-state index contributed by atoms with van der Waals surface area (Å²) >= 11 is 0. The Morgan fingerprint density at radius 2 is 1.80 bits per heavy atom. The molecule has 20 heavy (non-hydrogen) atoms. The number of aliphatic carboxylic acids is 1. The van der Waals surface area contributed by atoms with Crippen molar-refractivity contribution in [3.63, 3.8) is 0 Å². The van der Waals surface area contributed by atoms with Crippen LogP contribution in [0.2, 0.25) is 0 Å². The Labute approximate surface area is 116 Å². The van der Waals surface area contributed by atoms with Crippen molar-refractivity contribution in [2.75, 3.05) is 6.54 Å². The first-order chi connectivity index (χ1) is 9.24. The third-order valence-corrected chi connectivity index (χ3v) is 2.97. The van der Waals surface area contributed by atoms with Crippen molar-refractivity contribution in [1.29, 1.82) is 0 Å². The summed E-state index contributed by atoms with van der Waals surface area (Å²) in [5.41, 5.74) is 0. The largest absolute Gasteiger partial charge is 0.481 e. The van der Waals surface area contributed by atoms with Gasteiger partial charge in [-0.15, -0.1) is 0 Å². The first-order valence-electron chi connectivity index (χ1n) is 6.79. The zero-order valence-electron chi connectivity index (χ0n) is 11.6. The highest BCUT2D eigenvalue weighted by Gasteiger charge is 2.27. The number of hydrogen-bond donors (Lipinski definition) is 2. The van der Waals surface area contributed by atoms with Gasteiger partial charge >= 0.3 is 12.1 Å². The number of amides is 1. The second-order valence-electron chi connectivity index (χ2n) is 4.84. The van der Waals surface area contributed by atoms with Crippen LogP contribution >= 0.6 is 0 Å². The van der Waals surface area contributed by atoms with E-state index in [9.17, 15) is 22.8 Å². The summed E-state index contributed by atoms with van der Waals surface area (Å²) in [7, 11) is 0. The Morgan fingerprint density at radius 1 is 1.15 bits per heavy atom. The van der Waals surface area contributed by atoms with E-state index in [1.54, 1.807) is 0 Å². The van der Waals surface area contributed by atoms with Crippen LogP contribution < -0.4 is 5.32 Å². The molecule has 0 radical (unpaired) electrons. The van der Waals surface area contributed by atoms with Gasteiger partial charge in [0, 0.05) is 19.4 Å². The Morgan fingerprint density at radius 3 is 2.30 bits per heavy atom. The lowest BCUT2D eigenvalue weighted by Gasteiger charge is -2.15. The van der Waals surface area contributed by atoms with Gasteiger partial charge in [-0.2, -0.15) is 13.2 Å². The number of halogens is 3. The minimum atomic E-state index is -4.32. The lowest BCUT2D eigenvalue weighted by Crippen LogP contribution is -2.27. The summed E-state index contributed by atoms with van der Waals surface area (Å²) in [6, 6.07) is 0. The predicted octanol–water partition coefficient (Wildman–Crippen LogP) is 3.12. The number of alkyl halides is 3. The topological polar surface area (TPSA) is 66.4 Å². The molecule has 4 nitrogen and oxygen atoms in total. The highest BCUT2D eigenvalue weighted by atomic mass is 19.4. The standard InChI is InChI=1S/C13H22F3NO3/c1-2-3-10(4-5-12(19)20)7-9-17-11(18)6-8-13(14,15)16/h10H,2-9H2,1H3,(H,17,18)(H,19,20). The first kappa shape index (κ1) is 18.7. The van der Waals surface area contributed by atoms with Crippen LogP contribution in [0.15, 0.2) is 0 Å². The molecule has 0 aliphatic rings. The first-order valence-corrected chi connectivity index (χ1v) is 6.79. The number of hydrogen-bond acceptors (Lipinski definition) is 2. The Balaban J connectivity index is 3.86. The Kier molecular flexibility index (Phi) is 9.00. The average molecular weight is 297 g/mol. The molecule has 0 aromatic carbocycles. The maximum Gasteiger partial charge on any atom is 0.389 e. The molecule has 0 aromatic rings. The van der Waals surface area contributed by atoms with Crippen LogP contribution in [0.1, 0.15) is 51.9 Å². The van der Waals surface area contributed by atoms with Crippen LogP contribution in [0.3, 0.4) is 0 Å². The van der Waals surface area contributed by atoms with Crippen LogP contribution in [0.4, 0.5) is 13.2 Å². The van der Waals surface area contributed by atoms with Crippen LogP contribution in [-0.4, -0.2) is 29.7 Å². The number of carboxylic acid groups (broad SMARTS) is 1. The molecule has 2 N–H and O–H groups in total. The minimum Gasteiger partial charge on any atom is -0.481 e. The van der Waals surface area contributed by atoms with E-state index in [0.29, 0.717) is 19.4 Å². The van der Waals surface area contributed by atoms with Crippen molar-refractivity contribution >= 4 is 11.9 Å². The van der Waals surface area contributed by atoms with Crippen LogP contribution in [0, 0.1) is 5.92 Å². The fraction of sp³-hybridized carbons (Fsp3) is 0.846. The maximum absolute atomic E-state index is 11.9.